The minimum absolute atomic E-state index is 0.00764. The highest BCUT2D eigenvalue weighted by molar-refractivity contribution is 6.74. The second-order valence-corrected chi connectivity index (χ2v) is 14.8. The monoisotopic (exact) mass is 341 g/mol. The molecule has 0 aromatic rings. The van der Waals surface area contributed by atoms with Gasteiger partial charge in [-0.1, -0.05) is 41.5 Å². The van der Waals surface area contributed by atoms with Crippen molar-refractivity contribution >= 4 is 8.32 Å². The van der Waals surface area contributed by atoms with E-state index in [1.54, 1.807) is 0 Å². The third-order valence-corrected chi connectivity index (χ3v) is 10.9. The predicted molar refractivity (Wildman–Crippen MR) is 100 cm³/mol. The Morgan fingerprint density at radius 1 is 1.17 bits per heavy atom. The van der Waals surface area contributed by atoms with Gasteiger partial charge < -0.3 is 9.16 Å². The molecule has 1 saturated heterocycles. The van der Waals surface area contributed by atoms with Gasteiger partial charge in [0.05, 0.1) is 18.8 Å². The van der Waals surface area contributed by atoms with Gasteiger partial charge in [-0.2, -0.15) is 0 Å². The van der Waals surface area contributed by atoms with E-state index in [9.17, 15) is 0 Å². The lowest BCUT2D eigenvalue weighted by Gasteiger charge is -2.43. The highest BCUT2D eigenvalue weighted by atomic mass is 28.4. The van der Waals surface area contributed by atoms with Crippen LogP contribution < -0.4 is 5.32 Å². The molecule has 4 atom stereocenters. The van der Waals surface area contributed by atoms with Crippen molar-refractivity contribution in [2.45, 2.75) is 96.6 Å². The van der Waals surface area contributed by atoms with Crippen LogP contribution in [0.2, 0.25) is 18.1 Å². The first-order chi connectivity index (χ1) is 10.4. The van der Waals surface area contributed by atoms with E-state index in [4.69, 9.17) is 9.16 Å². The molecule has 2 aliphatic rings. The summed E-state index contributed by atoms with van der Waals surface area (Å²) in [5.74, 6) is 1.47. The molecule has 1 N–H and O–H groups in total. The Bertz CT molecular complexity index is 408. The summed E-state index contributed by atoms with van der Waals surface area (Å²) in [7, 11) is -1.72. The average Bonchev–Trinajstić information content (AvgIpc) is 2.73. The van der Waals surface area contributed by atoms with Crippen molar-refractivity contribution in [1.82, 2.24) is 5.32 Å². The second kappa shape index (κ2) is 6.43. The fourth-order valence-corrected chi connectivity index (χ4v) is 5.09. The van der Waals surface area contributed by atoms with Gasteiger partial charge in [0.25, 0.3) is 0 Å². The number of ether oxygens (including phenoxy) is 1. The van der Waals surface area contributed by atoms with E-state index >= 15 is 0 Å². The molecule has 3 nitrogen and oxygen atoms in total. The lowest BCUT2D eigenvalue weighted by molar-refractivity contribution is -0.0660. The quantitative estimate of drug-likeness (QED) is 0.736. The van der Waals surface area contributed by atoms with E-state index in [0.717, 1.165) is 44.3 Å². The van der Waals surface area contributed by atoms with Crippen LogP contribution >= 0.6 is 0 Å². The van der Waals surface area contributed by atoms with Gasteiger partial charge in [-0.15, -0.1) is 0 Å². The van der Waals surface area contributed by atoms with Gasteiger partial charge in [0.15, 0.2) is 8.32 Å². The lowest BCUT2D eigenvalue weighted by Crippen LogP contribution is -2.57. The van der Waals surface area contributed by atoms with Crippen molar-refractivity contribution in [1.29, 1.82) is 0 Å². The largest absolute Gasteiger partial charge is 0.415 e. The van der Waals surface area contributed by atoms with E-state index in [1.165, 1.54) is 6.42 Å². The number of hydrogen-bond acceptors (Lipinski definition) is 3. The first kappa shape index (κ1) is 19.4. The molecule has 0 aromatic heterocycles. The maximum atomic E-state index is 6.56. The van der Waals surface area contributed by atoms with E-state index in [2.05, 4.69) is 60.0 Å². The molecular weight excluding hydrogens is 302 g/mol. The standard InChI is InChI=1S/C19H39NO2Si/c1-9-18(14-22-23(7,8)17(4,5)6)13-21-19(20-18)11-15(2)10-16(3)12-19/h15-16,20H,9-14H2,1-8H3/t15-,16+,18-,19?/m1/s1. The first-order valence-corrected chi connectivity index (χ1v) is 12.4. The van der Waals surface area contributed by atoms with E-state index < -0.39 is 8.32 Å². The lowest BCUT2D eigenvalue weighted by atomic mass is 9.77. The van der Waals surface area contributed by atoms with Crippen LogP contribution in [0.3, 0.4) is 0 Å². The maximum absolute atomic E-state index is 6.56. The zero-order valence-electron chi connectivity index (χ0n) is 16.7. The SMILES string of the molecule is CC[C@]1(CO[Si](C)(C)C(C)(C)C)COC2(C[C@H](C)C[C@H](C)C2)N1. The topological polar surface area (TPSA) is 30.5 Å². The smallest absolute Gasteiger partial charge is 0.192 e. The fraction of sp³-hybridized carbons (Fsp3) is 1.00. The third kappa shape index (κ3) is 4.20. The van der Waals surface area contributed by atoms with Crippen LogP contribution in [0, 0.1) is 11.8 Å². The summed E-state index contributed by atoms with van der Waals surface area (Å²) in [6.07, 6.45) is 4.66. The summed E-state index contributed by atoms with van der Waals surface area (Å²) < 4.78 is 13.0. The van der Waals surface area contributed by atoms with Crippen molar-refractivity contribution in [2.24, 2.45) is 11.8 Å². The molecule has 0 amide bonds. The summed E-state index contributed by atoms with van der Waals surface area (Å²) in [6, 6.07) is 0. The normalized spacial score (nSPS) is 39.1. The molecule has 4 heteroatoms. The van der Waals surface area contributed by atoms with Crippen LogP contribution in [0.5, 0.6) is 0 Å². The zero-order valence-corrected chi connectivity index (χ0v) is 17.7. The van der Waals surface area contributed by atoms with Crippen molar-refractivity contribution in [2.75, 3.05) is 13.2 Å². The Morgan fingerprint density at radius 2 is 1.74 bits per heavy atom. The molecule has 2 fully saturated rings. The molecule has 1 heterocycles. The summed E-state index contributed by atoms with van der Waals surface area (Å²) in [6.45, 7) is 20.2. The highest BCUT2D eigenvalue weighted by Gasteiger charge is 2.51. The zero-order chi connectivity index (χ0) is 17.5. The van der Waals surface area contributed by atoms with Crippen LogP contribution in [0.25, 0.3) is 0 Å². The number of hydrogen-bond donors (Lipinski definition) is 1. The van der Waals surface area contributed by atoms with Gasteiger partial charge >= 0.3 is 0 Å². The molecule has 0 bridgehead atoms. The van der Waals surface area contributed by atoms with Crippen LogP contribution in [0.4, 0.5) is 0 Å². The van der Waals surface area contributed by atoms with E-state index in [0.29, 0.717) is 0 Å². The van der Waals surface area contributed by atoms with Crippen molar-refractivity contribution < 1.29 is 9.16 Å². The van der Waals surface area contributed by atoms with Crippen LogP contribution in [-0.2, 0) is 9.16 Å². The summed E-state index contributed by atoms with van der Waals surface area (Å²) in [5, 5.41) is 4.19. The van der Waals surface area contributed by atoms with Gasteiger partial charge in [-0.05, 0) is 55.7 Å². The molecule has 1 aliphatic heterocycles. The van der Waals surface area contributed by atoms with Gasteiger partial charge in [-0.3, -0.25) is 5.32 Å². The van der Waals surface area contributed by atoms with Crippen molar-refractivity contribution in [3.63, 3.8) is 0 Å². The molecule has 2 rings (SSSR count). The summed E-state index contributed by atoms with van der Waals surface area (Å²) in [4.78, 5) is 0. The van der Waals surface area contributed by atoms with Gasteiger partial charge in [-0.25, -0.2) is 0 Å². The molecule has 0 radical (unpaired) electrons. The summed E-state index contributed by atoms with van der Waals surface area (Å²) in [5.41, 5.74) is -0.115. The Labute approximate surface area is 145 Å². The van der Waals surface area contributed by atoms with Crippen molar-refractivity contribution in [3.8, 4) is 0 Å². The molecule has 1 unspecified atom stereocenters. The minimum Gasteiger partial charge on any atom is -0.415 e. The summed E-state index contributed by atoms with van der Waals surface area (Å²) >= 11 is 0. The Kier molecular flexibility index (Phi) is 5.43. The molecule has 1 aliphatic carbocycles. The highest BCUT2D eigenvalue weighted by Crippen LogP contribution is 2.43. The molecular formula is C19H39NO2Si. The minimum atomic E-state index is -1.72. The fourth-order valence-electron chi connectivity index (χ4n) is 4.02. The molecule has 23 heavy (non-hydrogen) atoms. The Hall–Kier alpha value is 0.0969. The first-order valence-electron chi connectivity index (χ1n) is 9.50. The Morgan fingerprint density at radius 3 is 2.22 bits per heavy atom. The Balaban J connectivity index is 2.06. The van der Waals surface area contributed by atoms with Crippen LogP contribution in [0.1, 0.15) is 67.2 Å². The molecule has 1 saturated carbocycles. The maximum Gasteiger partial charge on any atom is 0.192 e. The predicted octanol–water partition coefficient (Wildman–Crippen LogP) is 4.93. The van der Waals surface area contributed by atoms with Crippen LogP contribution in [-0.4, -0.2) is 32.8 Å². The van der Waals surface area contributed by atoms with E-state index in [1.807, 2.05) is 0 Å². The third-order valence-electron chi connectivity index (χ3n) is 6.47. The number of rotatable bonds is 4. The molecule has 1 spiro atoms. The molecule has 136 valence electrons. The van der Waals surface area contributed by atoms with Gasteiger partial charge in [0.1, 0.15) is 5.72 Å². The average molecular weight is 342 g/mol. The molecule has 0 aromatic carbocycles. The second-order valence-electron chi connectivity index (χ2n) is 9.95. The van der Waals surface area contributed by atoms with Gasteiger partial charge in [0.2, 0.25) is 0 Å². The van der Waals surface area contributed by atoms with Crippen LogP contribution in [0.15, 0.2) is 0 Å². The van der Waals surface area contributed by atoms with Gasteiger partial charge in [0, 0.05) is 0 Å². The van der Waals surface area contributed by atoms with Crippen molar-refractivity contribution in [3.05, 3.63) is 0 Å². The number of nitrogens with one attached hydrogen (secondary N) is 1. The van der Waals surface area contributed by atoms with E-state index in [-0.39, 0.29) is 16.3 Å².